The second kappa shape index (κ2) is 10.2. The highest BCUT2D eigenvalue weighted by Gasteiger charge is 2.46. The van der Waals surface area contributed by atoms with Gasteiger partial charge in [-0.15, -0.1) is 0 Å². The van der Waals surface area contributed by atoms with Crippen molar-refractivity contribution < 1.29 is 14.0 Å². The maximum Gasteiger partial charge on any atom is 0.254 e. The Morgan fingerprint density at radius 2 is 2.06 bits per heavy atom. The summed E-state index contributed by atoms with van der Waals surface area (Å²) >= 11 is 0. The van der Waals surface area contributed by atoms with Crippen LogP contribution in [0.25, 0.3) is 0 Å². The highest BCUT2D eigenvalue weighted by atomic mass is 19.1. The number of fused-ring (bicyclic) bond motifs is 1. The largest absolute Gasteiger partial charge is 0.333 e. The third-order valence-corrected chi connectivity index (χ3v) is 5.60. The SMILES string of the molecule is CN=CC(C=N)C1C(C(=O)Nc2ccc(F)c(C#N)c2)c2ccccc2C(=O)N1CC(C)C. The number of nitrogens with one attached hydrogen (secondary N) is 2. The number of amides is 2. The molecule has 7 nitrogen and oxygen atoms in total. The van der Waals surface area contributed by atoms with E-state index in [0.717, 1.165) is 6.07 Å². The average molecular weight is 448 g/mol. The minimum atomic E-state index is -0.808. The smallest absolute Gasteiger partial charge is 0.254 e. The molecule has 0 saturated heterocycles. The molecule has 0 spiro atoms. The summed E-state index contributed by atoms with van der Waals surface area (Å²) in [5.74, 6) is -2.56. The quantitative estimate of drug-likeness (QED) is 0.629. The van der Waals surface area contributed by atoms with Crippen LogP contribution in [0.2, 0.25) is 0 Å². The van der Waals surface area contributed by atoms with Crippen LogP contribution < -0.4 is 5.32 Å². The van der Waals surface area contributed by atoms with Crippen molar-refractivity contribution in [2.45, 2.75) is 25.8 Å². The van der Waals surface area contributed by atoms with Gasteiger partial charge in [0.15, 0.2) is 0 Å². The Labute approximate surface area is 192 Å². The van der Waals surface area contributed by atoms with E-state index in [1.165, 1.54) is 18.3 Å². The maximum atomic E-state index is 13.8. The van der Waals surface area contributed by atoms with Gasteiger partial charge in [-0.25, -0.2) is 4.39 Å². The van der Waals surface area contributed by atoms with E-state index < -0.39 is 29.6 Å². The van der Waals surface area contributed by atoms with Gasteiger partial charge in [-0.05, 0) is 35.7 Å². The van der Waals surface area contributed by atoms with Gasteiger partial charge in [0.05, 0.1) is 23.4 Å². The molecule has 3 rings (SSSR count). The Balaban J connectivity index is 2.13. The van der Waals surface area contributed by atoms with Crippen molar-refractivity contribution in [1.29, 1.82) is 10.7 Å². The molecule has 1 heterocycles. The first-order chi connectivity index (χ1) is 15.8. The number of hydrogen-bond donors (Lipinski definition) is 2. The van der Waals surface area contributed by atoms with E-state index in [0.29, 0.717) is 17.7 Å². The van der Waals surface area contributed by atoms with E-state index in [4.69, 9.17) is 10.7 Å². The Kier molecular flexibility index (Phi) is 7.34. The fourth-order valence-electron chi connectivity index (χ4n) is 4.25. The number of benzene rings is 2. The molecular formula is C25H26FN5O2. The standard InChI is InChI=1S/C25H26FN5O2/c1-15(2)14-31-23(17(12-28)13-29-3)22(19-6-4-5-7-20(19)25(31)33)24(32)30-18-8-9-21(26)16(10-18)11-27/h4-10,12-13,15,17,22-23,28H,14H2,1-3H3,(H,30,32). The van der Waals surface area contributed by atoms with Gasteiger partial charge >= 0.3 is 0 Å². The molecule has 0 radical (unpaired) electrons. The normalized spacial score (nSPS) is 18.7. The van der Waals surface area contributed by atoms with Crippen molar-refractivity contribution in [1.82, 2.24) is 4.90 Å². The second-order valence-corrected chi connectivity index (χ2v) is 8.35. The number of anilines is 1. The predicted molar refractivity (Wildman–Crippen MR) is 125 cm³/mol. The fraction of sp³-hybridized carbons (Fsp3) is 0.320. The second-order valence-electron chi connectivity index (χ2n) is 8.35. The molecule has 0 saturated carbocycles. The van der Waals surface area contributed by atoms with Crippen LogP contribution >= 0.6 is 0 Å². The van der Waals surface area contributed by atoms with Gasteiger partial charge in [-0.1, -0.05) is 32.0 Å². The Morgan fingerprint density at radius 1 is 1.33 bits per heavy atom. The zero-order valence-electron chi connectivity index (χ0n) is 18.7. The predicted octanol–water partition coefficient (Wildman–Crippen LogP) is 3.87. The van der Waals surface area contributed by atoms with Crippen LogP contribution in [0.4, 0.5) is 10.1 Å². The lowest BCUT2D eigenvalue weighted by Gasteiger charge is -2.44. The Morgan fingerprint density at radius 3 is 2.70 bits per heavy atom. The van der Waals surface area contributed by atoms with Crippen molar-refractivity contribution in [3.05, 3.63) is 65.0 Å². The highest BCUT2D eigenvalue weighted by molar-refractivity contribution is 6.05. The van der Waals surface area contributed by atoms with Crippen LogP contribution in [0.3, 0.4) is 0 Å². The first-order valence-corrected chi connectivity index (χ1v) is 10.7. The highest BCUT2D eigenvalue weighted by Crippen LogP contribution is 2.37. The summed E-state index contributed by atoms with van der Waals surface area (Å²) in [6.45, 7) is 4.36. The summed E-state index contributed by atoms with van der Waals surface area (Å²) in [7, 11) is 1.58. The van der Waals surface area contributed by atoms with Gasteiger partial charge in [0, 0.05) is 37.3 Å². The van der Waals surface area contributed by atoms with Crippen molar-refractivity contribution >= 4 is 29.9 Å². The van der Waals surface area contributed by atoms with E-state index >= 15 is 0 Å². The number of rotatable bonds is 7. The topological polar surface area (TPSA) is 109 Å². The lowest BCUT2D eigenvalue weighted by atomic mass is 9.76. The average Bonchev–Trinajstić information content (AvgIpc) is 2.80. The molecule has 0 aromatic heterocycles. The molecule has 2 N–H and O–H groups in total. The first-order valence-electron chi connectivity index (χ1n) is 10.7. The summed E-state index contributed by atoms with van der Waals surface area (Å²) in [5, 5.41) is 19.9. The third kappa shape index (κ3) is 4.82. The van der Waals surface area contributed by atoms with Crippen LogP contribution in [0.1, 0.15) is 41.3 Å². The van der Waals surface area contributed by atoms with Gasteiger partial charge < -0.3 is 20.6 Å². The molecule has 1 aliphatic heterocycles. The summed E-state index contributed by atoms with van der Waals surface area (Å²) in [4.78, 5) is 32.8. The van der Waals surface area contributed by atoms with E-state index in [2.05, 4.69) is 10.3 Å². The molecule has 33 heavy (non-hydrogen) atoms. The van der Waals surface area contributed by atoms with Crippen LogP contribution in [0.5, 0.6) is 0 Å². The van der Waals surface area contributed by atoms with Gasteiger partial charge in [0.25, 0.3) is 5.91 Å². The van der Waals surface area contributed by atoms with Crippen molar-refractivity contribution in [2.75, 3.05) is 18.9 Å². The number of carbonyl (C=O) groups is 2. The number of nitriles is 1. The van der Waals surface area contributed by atoms with E-state index in [9.17, 15) is 14.0 Å². The summed E-state index contributed by atoms with van der Waals surface area (Å²) in [6, 6.07) is 11.8. The third-order valence-electron chi connectivity index (χ3n) is 5.60. The van der Waals surface area contributed by atoms with Crippen LogP contribution in [-0.2, 0) is 4.79 Å². The van der Waals surface area contributed by atoms with Crippen LogP contribution in [-0.4, -0.2) is 48.8 Å². The molecule has 1 aliphatic rings. The van der Waals surface area contributed by atoms with Gasteiger partial charge in [-0.3, -0.25) is 9.59 Å². The first kappa shape index (κ1) is 23.8. The maximum absolute atomic E-state index is 13.8. The summed E-state index contributed by atoms with van der Waals surface area (Å²) in [6.07, 6.45) is 2.76. The number of halogens is 1. The lowest BCUT2D eigenvalue weighted by molar-refractivity contribution is -0.119. The van der Waals surface area contributed by atoms with E-state index in [1.54, 1.807) is 48.5 Å². The van der Waals surface area contributed by atoms with E-state index in [-0.39, 0.29) is 23.1 Å². The number of nitrogens with zero attached hydrogens (tertiary/aromatic N) is 3. The minimum absolute atomic E-state index is 0.130. The van der Waals surface area contributed by atoms with Gasteiger partial charge in [-0.2, -0.15) is 5.26 Å². The fourth-order valence-corrected chi connectivity index (χ4v) is 4.25. The molecule has 0 bridgehead atoms. The van der Waals surface area contributed by atoms with Crippen LogP contribution in [0.15, 0.2) is 47.5 Å². The number of carbonyl (C=O) groups excluding carboxylic acids is 2. The van der Waals surface area contributed by atoms with Crippen molar-refractivity contribution in [3.8, 4) is 6.07 Å². The molecule has 3 unspecified atom stereocenters. The summed E-state index contributed by atoms with van der Waals surface area (Å²) < 4.78 is 13.8. The number of hydrogen-bond acceptors (Lipinski definition) is 5. The van der Waals surface area contributed by atoms with E-state index in [1.807, 2.05) is 13.8 Å². The molecule has 170 valence electrons. The molecule has 8 heteroatoms. The molecular weight excluding hydrogens is 421 g/mol. The molecule has 3 atom stereocenters. The zero-order chi connectivity index (χ0) is 24.1. The zero-order valence-corrected chi connectivity index (χ0v) is 18.7. The monoisotopic (exact) mass is 447 g/mol. The molecule has 2 amide bonds. The van der Waals surface area contributed by atoms with Gasteiger partial charge in [0.2, 0.25) is 5.91 Å². The minimum Gasteiger partial charge on any atom is -0.333 e. The summed E-state index contributed by atoms with van der Waals surface area (Å²) in [5.41, 5.74) is 1.09. The number of aliphatic imine (C=N–C) groups is 1. The van der Waals surface area contributed by atoms with Gasteiger partial charge in [0.1, 0.15) is 11.9 Å². The molecule has 2 aromatic rings. The Hall–Kier alpha value is -3.86. The van der Waals surface area contributed by atoms with Crippen molar-refractivity contribution in [2.24, 2.45) is 16.8 Å². The molecule has 2 aromatic carbocycles. The Bertz CT molecular complexity index is 1140. The lowest BCUT2D eigenvalue weighted by Crippen LogP contribution is -2.56. The van der Waals surface area contributed by atoms with Crippen molar-refractivity contribution in [3.63, 3.8) is 0 Å². The van der Waals surface area contributed by atoms with Crippen LogP contribution in [0, 0.1) is 34.4 Å². The molecule has 0 fully saturated rings. The molecule has 0 aliphatic carbocycles.